The fourth-order valence-electron chi connectivity index (χ4n) is 1.47. The number of aryl methyl sites for hydroxylation is 1. The van der Waals surface area contributed by atoms with Crippen molar-refractivity contribution >= 4 is 27.4 Å². The molecule has 0 saturated carbocycles. The Morgan fingerprint density at radius 2 is 2.21 bits per heavy atom. The van der Waals surface area contributed by atoms with E-state index in [0.29, 0.717) is 5.02 Å². The number of halogens is 1. The van der Waals surface area contributed by atoms with Gasteiger partial charge in [-0.25, -0.2) is 8.42 Å². The molecule has 0 spiro atoms. The first-order valence-electron chi connectivity index (χ1n) is 5.14. The lowest BCUT2D eigenvalue weighted by Gasteiger charge is -2.05. The molecule has 0 aliphatic carbocycles. The Bertz CT molecular complexity index is 761. The molecule has 0 aliphatic rings. The molecule has 2 rings (SSSR count). The van der Waals surface area contributed by atoms with Crippen molar-refractivity contribution in [2.24, 2.45) is 7.05 Å². The molecule has 2 aromatic rings. The lowest BCUT2D eigenvalue weighted by molar-refractivity contribution is 0.601. The zero-order valence-electron chi connectivity index (χ0n) is 9.83. The molecule has 1 N–H and O–H groups in total. The Morgan fingerprint density at radius 1 is 1.47 bits per heavy atom. The molecule has 1 heterocycles. The number of sulfonamides is 1. The lowest BCUT2D eigenvalue weighted by atomic mass is 10.4. The van der Waals surface area contributed by atoms with E-state index in [2.05, 4.69) is 9.82 Å². The Labute approximate surface area is 115 Å². The third-order valence-electron chi connectivity index (χ3n) is 2.29. The molecule has 98 valence electrons. The van der Waals surface area contributed by atoms with Crippen LogP contribution >= 0.6 is 11.6 Å². The minimum absolute atomic E-state index is 0.00884. The van der Waals surface area contributed by atoms with Crippen LogP contribution in [-0.2, 0) is 17.1 Å². The van der Waals surface area contributed by atoms with E-state index in [4.69, 9.17) is 16.9 Å². The smallest absolute Gasteiger partial charge is 0.263 e. The van der Waals surface area contributed by atoms with Crippen LogP contribution < -0.4 is 4.72 Å². The molecule has 0 unspecified atom stereocenters. The van der Waals surface area contributed by atoms with Gasteiger partial charge in [-0.15, -0.1) is 0 Å². The monoisotopic (exact) mass is 296 g/mol. The molecule has 8 heteroatoms. The van der Waals surface area contributed by atoms with Crippen LogP contribution in [0.1, 0.15) is 5.56 Å². The van der Waals surface area contributed by atoms with E-state index in [1.54, 1.807) is 13.1 Å². The first kappa shape index (κ1) is 13.4. The average Bonchev–Trinajstić information content (AvgIpc) is 2.68. The summed E-state index contributed by atoms with van der Waals surface area (Å²) in [6.07, 6.45) is 1.43. The number of nitriles is 1. The lowest BCUT2D eigenvalue weighted by Crippen LogP contribution is -2.14. The van der Waals surface area contributed by atoms with Crippen LogP contribution in [0.5, 0.6) is 0 Å². The van der Waals surface area contributed by atoms with E-state index < -0.39 is 10.0 Å². The van der Waals surface area contributed by atoms with Crippen LogP contribution in [0, 0.1) is 11.3 Å². The second kappa shape index (κ2) is 4.91. The molecule has 6 nitrogen and oxygen atoms in total. The maximum Gasteiger partial charge on any atom is 0.263 e. The Hall–Kier alpha value is -2.04. The number of benzene rings is 1. The van der Waals surface area contributed by atoms with Gasteiger partial charge in [0.05, 0.1) is 4.90 Å². The number of nitrogens with one attached hydrogen (secondary N) is 1. The number of aromatic nitrogens is 2. The van der Waals surface area contributed by atoms with Gasteiger partial charge in [0, 0.05) is 18.3 Å². The molecule has 0 fully saturated rings. The molecule has 0 radical (unpaired) electrons. The third-order valence-corrected chi connectivity index (χ3v) is 3.86. The number of nitrogens with zero attached hydrogens (tertiary/aromatic N) is 3. The fraction of sp³-hybridized carbons (Fsp3) is 0.0909. The van der Waals surface area contributed by atoms with Crippen LogP contribution in [0.15, 0.2) is 35.4 Å². The van der Waals surface area contributed by atoms with Gasteiger partial charge in [0.1, 0.15) is 11.6 Å². The molecule has 19 heavy (non-hydrogen) atoms. The van der Waals surface area contributed by atoms with Crippen molar-refractivity contribution in [1.82, 2.24) is 9.78 Å². The van der Waals surface area contributed by atoms with E-state index in [1.807, 2.05) is 6.07 Å². The summed E-state index contributed by atoms with van der Waals surface area (Å²) in [5, 5.41) is 13.1. The highest BCUT2D eigenvalue weighted by atomic mass is 35.5. The summed E-state index contributed by atoms with van der Waals surface area (Å²) in [7, 11) is -2.22. The van der Waals surface area contributed by atoms with E-state index >= 15 is 0 Å². The van der Waals surface area contributed by atoms with Crippen LogP contribution in [0.3, 0.4) is 0 Å². The standard InChI is InChI=1S/C11H9ClN4O2S/c1-16-7-8(6-13)11(14-16)15-19(17,18)10-4-2-3-9(12)5-10/h2-5,7H,1H3,(H,14,15). The van der Waals surface area contributed by atoms with Gasteiger partial charge in [-0.2, -0.15) is 10.4 Å². The van der Waals surface area contributed by atoms with Crippen molar-refractivity contribution in [1.29, 1.82) is 5.26 Å². The molecule has 1 aromatic carbocycles. The summed E-state index contributed by atoms with van der Waals surface area (Å²) in [6.45, 7) is 0. The third kappa shape index (κ3) is 2.86. The van der Waals surface area contributed by atoms with E-state index in [1.165, 1.54) is 29.1 Å². The highest BCUT2D eigenvalue weighted by Crippen LogP contribution is 2.20. The molecule has 0 aliphatic heterocycles. The normalized spacial score (nSPS) is 11.0. The van der Waals surface area contributed by atoms with Gasteiger partial charge in [-0.3, -0.25) is 9.40 Å². The Morgan fingerprint density at radius 3 is 2.84 bits per heavy atom. The second-order valence-corrected chi connectivity index (χ2v) is 5.86. The maximum atomic E-state index is 12.1. The van der Waals surface area contributed by atoms with Crippen molar-refractivity contribution in [3.63, 3.8) is 0 Å². The number of hydrogen-bond donors (Lipinski definition) is 1. The average molecular weight is 297 g/mol. The van der Waals surface area contributed by atoms with Gasteiger partial charge in [-0.05, 0) is 18.2 Å². The Kier molecular flexibility index (Phi) is 3.46. The molecule has 0 atom stereocenters. The van der Waals surface area contributed by atoms with Gasteiger partial charge in [0.15, 0.2) is 5.82 Å². The summed E-state index contributed by atoms with van der Waals surface area (Å²) in [6, 6.07) is 7.69. The molecular formula is C11H9ClN4O2S. The van der Waals surface area contributed by atoms with Gasteiger partial charge in [0.25, 0.3) is 10.0 Å². The Balaban J connectivity index is 2.40. The maximum absolute atomic E-state index is 12.1. The summed E-state index contributed by atoms with van der Waals surface area (Å²) < 4.78 is 27.8. The zero-order valence-corrected chi connectivity index (χ0v) is 11.4. The van der Waals surface area contributed by atoms with Crippen LogP contribution in [-0.4, -0.2) is 18.2 Å². The summed E-state index contributed by atoms with van der Waals surface area (Å²) in [4.78, 5) is 0.00884. The van der Waals surface area contributed by atoms with Crippen molar-refractivity contribution < 1.29 is 8.42 Å². The molecule has 1 aromatic heterocycles. The van der Waals surface area contributed by atoms with Crippen molar-refractivity contribution in [2.75, 3.05) is 4.72 Å². The summed E-state index contributed by atoms with van der Waals surface area (Å²) >= 11 is 5.75. The predicted octanol–water partition coefficient (Wildman–Crippen LogP) is 1.75. The zero-order chi connectivity index (χ0) is 14.0. The minimum Gasteiger partial charge on any atom is -0.272 e. The topological polar surface area (TPSA) is 87.8 Å². The van der Waals surface area contributed by atoms with Gasteiger partial charge in [-0.1, -0.05) is 17.7 Å². The molecule has 0 saturated heterocycles. The first-order valence-corrected chi connectivity index (χ1v) is 7.00. The second-order valence-electron chi connectivity index (χ2n) is 3.74. The van der Waals surface area contributed by atoms with Crippen molar-refractivity contribution in [3.8, 4) is 6.07 Å². The number of anilines is 1. The highest BCUT2D eigenvalue weighted by Gasteiger charge is 2.18. The minimum atomic E-state index is -3.82. The van der Waals surface area contributed by atoms with E-state index in [-0.39, 0.29) is 16.3 Å². The SMILES string of the molecule is Cn1cc(C#N)c(NS(=O)(=O)c2cccc(Cl)c2)n1. The van der Waals surface area contributed by atoms with Crippen LogP contribution in [0.4, 0.5) is 5.82 Å². The van der Waals surface area contributed by atoms with Crippen LogP contribution in [0.2, 0.25) is 5.02 Å². The first-order chi connectivity index (χ1) is 8.92. The number of rotatable bonds is 3. The molecular weight excluding hydrogens is 288 g/mol. The summed E-state index contributed by atoms with van der Waals surface area (Å²) in [5.74, 6) is -0.00928. The summed E-state index contributed by atoms with van der Waals surface area (Å²) in [5.41, 5.74) is 0.146. The molecule has 0 amide bonds. The predicted molar refractivity (Wildman–Crippen MR) is 70.2 cm³/mol. The van der Waals surface area contributed by atoms with Crippen LogP contribution in [0.25, 0.3) is 0 Å². The van der Waals surface area contributed by atoms with E-state index in [0.717, 1.165) is 0 Å². The van der Waals surface area contributed by atoms with Crippen molar-refractivity contribution in [2.45, 2.75) is 4.90 Å². The fourth-order valence-corrected chi connectivity index (χ4v) is 2.78. The number of hydrogen-bond acceptors (Lipinski definition) is 4. The van der Waals surface area contributed by atoms with Crippen molar-refractivity contribution in [3.05, 3.63) is 41.0 Å². The van der Waals surface area contributed by atoms with Gasteiger partial charge >= 0.3 is 0 Å². The quantitative estimate of drug-likeness (QED) is 0.934. The van der Waals surface area contributed by atoms with Gasteiger partial charge in [0.2, 0.25) is 0 Å². The molecule has 0 bridgehead atoms. The van der Waals surface area contributed by atoms with E-state index in [9.17, 15) is 8.42 Å². The highest BCUT2D eigenvalue weighted by molar-refractivity contribution is 7.92. The largest absolute Gasteiger partial charge is 0.272 e. The van der Waals surface area contributed by atoms with Gasteiger partial charge < -0.3 is 0 Å².